The molecule has 0 fully saturated rings. The Labute approximate surface area is 105 Å². The average Bonchev–Trinajstić information content (AvgIpc) is 2.36. The van der Waals surface area contributed by atoms with Crippen LogP contribution in [0.15, 0.2) is 54.1 Å². The molecule has 1 nitrogen and oxygen atoms in total. The fourth-order valence-electron chi connectivity index (χ4n) is 1.53. The van der Waals surface area contributed by atoms with Gasteiger partial charge in [0.15, 0.2) is 0 Å². The topological polar surface area (TPSA) is 9.23 Å². The highest BCUT2D eigenvalue weighted by atomic mass is 16.5. The summed E-state index contributed by atoms with van der Waals surface area (Å²) in [5, 5.41) is 0. The lowest BCUT2D eigenvalue weighted by Gasteiger charge is -2.02. The van der Waals surface area contributed by atoms with E-state index in [1.54, 1.807) is 0 Å². The van der Waals surface area contributed by atoms with E-state index in [-0.39, 0.29) is 0 Å². The average molecular weight is 230 g/mol. The number of rotatable bonds is 7. The summed E-state index contributed by atoms with van der Waals surface area (Å²) in [6.07, 6.45) is 8.71. The summed E-state index contributed by atoms with van der Waals surface area (Å²) in [7, 11) is 0. The van der Waals surface area contributed by atoms with Crippen LogP contribution < -0.4 is 0 Å². The van der Waals surface area contributed by atoms with E-state index in [0.717, 1.165) is 12.8 Å². The van der Waals surface area contributed by atoms with Gasteiger partial charge in [0.05, 0.1) is 13.2 Å². The van der Waals surface area contributed by atoms with Crippen molar-refractivity contribution in [2.45, 2.75) is 33.3 Å². The minimum Gasteiger partial charge on any atom is -0.373 e. The van der Waals surface area contributed by atoms with Crippen LogP contribution >= 0.6 is 0 Å². The van der Waals surface area contributed by atoms with Gasteiger partial charge >= 0.3 is 0 Å². The first-order chi connectivity index (χ1) is 8.33. The lowest BCUT2D eigenvalue weighted by atomic mass is 10.1. The number of hydrogen-bond donors (Lipinski definition) is 0. The molecule has 0 bridgehead atoms. The summed E-state index contributed by atoms with van der Waals surface area (Å²) < 4.78 is 5.60. The molecule has 0 radical (unpaired) electrons. The number of allylic oxidation sites excluding steroid dienone is 3. The van der Waals surface area contributed by atoms with Crippen molar-refractivity contribution in [3.05, 3.63) is 59.7 Å². The summed E-state index contributed by atoms with van der Waals surface area (Å²) in [6, 6.07) is 10.3. The van der Waals surface area contributed by atoms with Crippen molar-refractivity contribution in [1.82, 2.24) is 0 Å². The zero-order valence-corrected chi connectivity index (χ0v) is 10.9. The van der Waals surface area contributed by atoms with Gasteiger partial charge in [-0.25, -0.2) is 0 Å². The van der Waals surface area contributed by atoms with Crippen molar-refractivity contribution in [2.75, 3.05) is 6.61 Å². The van der Waals surface area contributed by atoms with Gasteiger partial charge in [0.25, 0.3) is 0 Å². The predicted molar refractivity (Wildman–Crippen MR) is 73.9 cm³/mol. The minimum absolute atomic E-state index is 0.694. The lowest BCUT2D eigenvalue weighted by Crippen LogP contribution is -1.93. The van der Waals surface area contributed by atoms with Gasteiger partial charge in [-0.3, -0.25) is 0 Å². The molecule has 1 heteroatoms. The van der Waals surface area contributed by atoms with E-state index in [9.17, 15) is 0 Å². The third-order valence-corrected chi connectivity index (χ3v) is 2.60. The quantitative estimate of drug-likeness (QED) is 0.495. The Morgan fingerprint density at radius 1 is 1.24 bits per heavy atom. The molecule has 0 atom stereocenters. The van der Waals surface area contributed by atoms with Crippen molar-refractivity contribution in [3.63, 3.8) is 0 Å². The number of hydrogen-bond acceptors (Lipinski definition) is 1. The van der Waals surface area contributed by atoms with E-state index >= 15 is 0 Å². The van der Waals surface area contributed by atoms with Crippen LogP contribution in [0.5, 0.6) is 0 Å². The van der Waals surface area contributed by atoms with Crippen LogP contribution in [0.25, 0.3) is 0 Å². The van der Waals surface area contributed by atoms with Gasteiger partial charge in [0.2, 0.25) is 0 Å². The Kier molecular flexibility index (Phi) is 7.08. The highest BCUT2D eigenvalue weighted by molar-refractivity contribution is 5.13. The van der Waals surface area contributed by atoms with Crippen LogP contribution in [-0.4, -0.2) is 6.61 Å². The molecule has 0 N–H and O–H groups in total. The van der Waals surface area contributed by atoms with Crippen molar-refractivity contribution in [2.24, 2.45) is 0 Å². The first kappa shape index (κ1) is 13.7. The maximum absolute atomic E-state index is 5.60. The molecule has 0 aromatic heterocycles. The molecule has 1 rings (SSSR count). The first-order valence-corrected chi connectivity index (χ1v) is 6.21. The Bertz CT molecular complexity index is 349. The van der Waals surface area contributed by atoms with Gasteiger partial charge in [-0.15, -0.1) is 0 Å². The van der Waals surface area contributed by atoms with Crippen LogP contribution in [0.4, 0.5) is 0 Å². The monoisotopic (exact) mass is 230 g/mol. The van der Waals surface area contributed by atoms with Crippen LogP contribution in [0.1, 0.15) is 32.3 Å². The van der Waals surface area contributed by atoms with E-state index in [0.29, 0.717) is 13.2 Å². The highest BCUT2D eigenvalue weighted by Gasteiger charge is 1.91. The molecule has 0 amide bonds. The van der Waals surface area contributed by atoms with Crippen molar-refractivity contribution in [3.8, 4) is 0 Å². The van der Waals surface area contributed by atoms with Crippen LogP contribution in [0, 0.1) is 0 Å². The minimum atomic E-state index is 0.694. The van der Waals surface area contributed by atoms with Gasteiger partial charge in [0.1, 0.15) is 0 Å². The summed E-state index contributed by atoms with van der Waals surface area (Å²) in [6.45, 7) is 5.62. The zero-order valence-electron chi connectivity index (χ0n) is 10.9. The summed E-state index contributed by atoms with van der Waals surface area (Å²) in [5.74, 6) is 0. The molecular weight excluding hydrogens is 208 g/mol. The largest absolute Gasteiger partial charge is 0.373 e. The molecule has 0 aliphatic heterocycles. The van der Waals surface area contributed by atoms with Crippen LogP contribution in [0.3, 0.4) is 0 Å². The standard InChI is InChI=1S/C16H22O/c1-3-4-6-9-15(2)12-13-17-14-16-10-7-5-8-11-16/h3-5,7-8,10-12H,6,9,13-14H2,1-2H3/b4-3+,15-12+. The fourth-order valence-corrected chi connectivity index (χ4v) is 1.53. The zero-order chi connectivity index (χ0) is 12.3. The van der Waals surface area contributed by atoms with E-state index < -0.39 is 0 Å². The maximum atomic E-state index is 5.60. The van der Waals surface area contributed by atoms with Gasteiger partial charge in [-0.1, -0.05) is 54.1 Å². The maximum Gasteiger partial charge on any atom is 0.0721 e. The molecule has 0 saturated carbocycles. The van der Waals surface area contributed by atoms with E-state index in [1.807, 2.05) is 18.2 Å². The summed E-state index contributed by atoms with van der Waals surface area (Å²) in [5.41, 5.74) is 2.63. The molecule has 92 valence electrons. The number of ether oxygens (including phenoxy) is 1. The Morgan fingerprint density at radius 2 is 2.00 bits per heavy atom. The third kappa shape index (κ3) is 6.75. The number of benzene rings is 1. The van der Waals surface area contributed by atoms with E-state index in [4.69, 9.17) is 4.74 Å². The summed E-state index contributed by atoms with van der Waals surface area (Å²) in [4.78, 5) is 0. The SMILES string of the molecule is C/C=C/CC/C(C)=C/COCc1ccccc1. The van der Waals surface area contributed by atoms with Crippen molar-refractivity contribution < 1.29 is 4.74 Å². The van der Waals surface area contributed by atoms with Gasteiger partial charge < -0.3 is 4.74 Å². The second-order valence-electron chi connectivity index (χ2n) is 4.16. The van der Waals surface area contributed by atoms with Crippen LogP contribution in [0.2, 0.25) is 0 Å². The Hall–Kier alpha value is -1.34. The second kappa shape index (κ2) is 8.77. The Balaban J connectivity index is 2.16. The van der Waals surface area contributed by atoms with Gasteiger partial charge in [-0.05, 0) is 32.3 Å². The fraction of sp³-hybridized carbons (Fsp3) is 0.375. The first-order valence-electron chi connectivity index (χ1n) is 6.21. The molecule has 0 saturated heterocycles. The summed E-state index contributed by atoms with van der Waals surface area (Å²) >= 11 is 0. The van der Waals surface area contributed by atoms with Crippen molar-refractivity contribution >= 4 is 0 Å². The molecule has 0 unspecified atom stereocenters. The molecule has 0 spiro atoms. The molecule has 0 aliphatic rings. The second-order valence-corrected chi connectivity index (χ2v) is 4.16. The third-order valence-electron chi connectivity index (χ3n) is 2.60. The normalized spacial score (nSPS) is 12.2. The molecule has 0 aliphatic carbocycles. The smallest absolute Gasteiger partial charge is 0.0721 e. The molecule has 17 heavy (non-hydrogen) atoms. The van der Waals surface area contributed by atoms with Crippen molar-refractivity contribution in [1.29, 1.82) is 0 Å². The molecule has 1 aromatic rings. The molecule has 1 aromatic carbocycles. The molecule has 0 heterocycles. The lowest BCUT2D eigenvalue weighted by molar-refractivity contribution is 0.148. The van der Waals surface area contributed by atoms with Gasteiger partial charge in [-0.2, -0.15) is 0 Å². The van der Waals surface area contributed by atoms with Crippen LogP contribution in [-0.2, 0) is 11.3 Å². The van der Waals surface area contributed by atoms with E-state index in [1.165, 1.54) is 11.1 Å². The predicted octanol–water partition coefficient (Wildman–Crippen LogP) is 4.51. The molecular formula is C16H22O. The highest BCUT2D eigenvalue weighted by Crippen LogP contribution is 2.05. The Morgan fingerprint density at radius 3 is 2.71 bits per heavy atom. The van der Waals surface area contributed by atoms with Gasteiger partial charge in [0, 0.05) is 0 Å². The van der Waals surface area contributed by atoms with E-state index in [2.05, 4.69) is 44.2 Å².